The second kappa shape index (κ2) is 68.2. The Morgan fingerprint density at radius 1 is 0.286 bits per heavy atom. The molecule has 0 spiro atoms. The summed E-state index contributed by atoms with van der Waals surface area (Å²) in [5, 5.41) is 10.6. The van der Waals surface area contributed by atoms with Gasteiger partial charge in [-0.3, -0.25) is 37.3 Å². The molecule has 3 N–H and O–H groups in total. The molecule has 19 heteroatoms. The molecule has 7 atom stereocenters. The van der Waals surface area contributed by atoms with E-state index in [4.69, 9.17) is 37.0 Å². The minimum atomic E-state index is -4.96. The second-order valence-electron chi connectivity index (χ2n) is 29.9. The summed E-state index contributed by atoms with van der Waals surface area (Å²) in [4.78, 5) is 72.8. The average molecular weight is 1440 g/mol. The van der Waals surface area contributed by atoms with Crippen LogP contribution < -0.4 is 0 Å². The smallest absolute Gasteiger partial charge is 0.462 e. The largest absolute Gasteiger partial charge is 0.472 e. The average Bonchev–Trinajstić information content (AvgIpc) is 2.99. The Morgan fingerprint density at radius 3 is 0.724 bits per heavy atom. The summed E-state index contributed by atoms with van der Waals surface area (Å²) in [6.45, 7) is 14.2. The van der Waals surface area contributed by atoms with E-state index in [9.17, 15) is 43.2 Å². The van der Waals surface area contributed by atoms with Gasteiger partial charge in [0, 0.05) is 25.7 Å². The number of aliphatic hydroxyl groups excluding tert-OH is 1. The lowest BCUT2D eigenvalue weighted by molar-refractivity contribution is -0.161. The molecular weight excluding hydrogens is 1280 g/mol. The molecular formula is C79H154O17P2. The van der Waals surface area contributed by atoms with Crippen LogP contribution in [0.2, 0.25) is 0 Å². The molecule has 0 fully saturated rings. The number of ether oxygens (including phenoxy) is 4. The van der Waals surface area contributed by atoms with Crippen LogP contribution in [0.5, 0.6) is 0 Å². The molecule has 0 rings (SSSR count). The molecule has 582 valence electrons. The number of unbranched alkanes of at least 4 members (excludes halogenated alkanes) is 40. The highest BCUT2D eigenvalue weighted by Crippen LogP contribution is 2.45. The first-order valence-corrected chi connectivity index (χ1v) is 43.8. The summed E-state index contributed by atoms with van der Waals surface area (Å²) in [5.41, 5.74) is 0. The fourth-order valence-electron chi connectivity index (χ4n) is 12.0. The van der Waals surface area contributed by atoms with Crippen molar-refractivity contribution in [2.45, 2.75) is 420 Å². The van der Waals surface area contributed by atoms with E-state index >= 15 is 0 Å². The van der Waals surface area contributed by atoms with Crippen LogP contribution in [0.25, 0.3) is 0 Å². The van der Waals surface area contributed by atoms with E-state index < -0.39 is 97.5 Å². The van der Waals surface area contributed by atoms with Gasteiger partial charge in [0.2, 0.25) is 0 Å². The predicted molar refractivity (Wildman–Crippen MR) is 400 cm³/mol. The van der Waals surface area contributed by atoms with Crippen molar-refractivity contribution in [1.29, 1.82) is 0 Å². The van der Waals surface area contributed by atoms with Gasteiger partial charge in [-0.15, -0.1) is 0 Å². The second-order valence-corrected chi connectivity index (χ2v) is 32.8. The molecule has 0 radical (unpaired) electrons. The monoisotopic (exact) mass is 1440 g/mol. The molecule has 0 aromatic rings. The maximum absolute atomic E-state index is 13.1. The first-order chi connectivity index (χ1) is 47.2. The van der Waals surface area contributed by atoms with Gasteiger partial charge in [0.25, 0.3) is 0 Å². The number of phosphoric ester groups is 2. The number of rotatable bonds is 76. The topological polar surface area (TPSA) is 237 Å². The molecule has 0 aliphatic carbocycles. The van der Waals surface area contributed by atoms with Gasteiger partial charge in [-0.05, 0) is 49.4 Å². The number of aliphatic hydroxyl groups is 1. The molecule has 0 aromatic carbocycles. The normalized spacial score (nSPS) is 14.6. The number of hydrogen-bond donors (Lipinski definition) is 3. The predicted octanol–water partition coefficient (Wildman–Crippen LogP) is 23.2. The van der Waals surface area contributed by atoms with Crippen LogP contribution >= 0.6 is 15.6 Å². The third-order valence-electron chi connectivity index (χ3n) is 19.0. The molecule has 0 aromatic heterocycles. The SMILES string of the molecule is CCC(C)CCCCCCCCCCCCCCCCCCCCC(=O)OC[C@H](COP(=O)(O)OC[C@@H](O)COP(=O)(O)OC[C@@H](COC(=O)CCCCCCCCC(C)CC)OC(=O)CCCCCCCCCC(C)C)OC(=O)CCCCCCCCCCCCCCCC(C)C. The summed E-state index contributed by atoms with van der Waals surface area (Å²) < 4.78 is 68.5. The number of hydrogen-bond acceptors (Lipinski definition) is 15. The summed E-state index contributed by atoms with van der Waals surface area (Å²) in [7, 11) is -9.91. The van der Waals surface area contributed by atoms with Crippen molar-refractivity contribution < 1.29 is 80.2 Å². The highest BCUT2D eigenvalue weighted by molar-refractivity contribution is 7.47. The Hall–Kier alpha value is -1.94. The molecule has 0 saturated carbocycles. The van der Waals surface area contributed by atoms with Crippen molar-refractivity contribution in [2.75, 3.05) is 39.6 Å². The van der Waals surface area contributed by atoms with Crippen molar-refractivity contribution >= 4 is 39.5 Å². The maximum Gasteiger partial charge on any atom is 0.472 e. The van der Waals surface area contributed by atoms with E-state index in [-0.39, 0.29) is 25.7 Å². The van der Waals surface area contributed by atoms with Crippen LogP contribution in [0.3, 0.4) is 0 Å². The lowest BCUT2D eigenvalue weighted by Crippen LogP contribution is -2.30. The molecule has 0 aliphatic rings. The summed E-state index contributed by atoms with van der Waals surface area (Å²) in [6, 6.07) is 0. The molecule has 0 aliphatic heterocycles. The standard InChI is InChI=1S/C79H154O17P2/c1-9-71(7)57-49-41-33-27-23-19-15-13-11-12-14-16-20-24-28-34-43-51-59-76(81)89-65-74(95-78(83)61-53-45-35-29-25-21-17-18-22-26-31-39-47-55-69(3)4)67-93-97(85,86)91-63-73(80)64-92-98(87,88)94-68-75(96-79(84)62-54-46-36-30-32-40-48-56-70(5)6)66-90-77(82)60-52-44-38-37-42-50-58-72(8)10-2/h69-75,80H,9-68H2,1-8H3,(H,85,86)(H,87,88)/t71?,72?,73-,74-,75-/m1/s1. The summed E-state index contributed by atoms with van der Waals surface area (Å²) in [6.07, 6.45) is 54.4. The summed E-state index contributed by atoms with van der Waals surface area (Å²) >= 11 is 0. The highest BCUT2D eigenvalue weighted by Gasteiger charge is 2.30. The van der Waals surface area contributed by atoms with Crippen LogP contribution in [0, 0.1) is 23.7 Å². The van der Waals surface area contributed by atoms with E-state index in [0.29, 0.717) is 31.6 Å². The number of carbonyl (C=O) groups excluding carboxylic acids is 4. The van der Waals surface area contributed by atoms with E-state index in [2.05, 4.69) is 55.4 Å². The number of carbonyl (C=O) groups is 4. The van der Waals surface area contributed by atoms with Gasteiger partial charge in [-0.2, -0.15) is 0 Å². The van der Waals surface area contributed by atoms with Gasteiger partial charge in [-0.25, -0.2) is 9.13 Å². The quantitative estimate of drug-likeness (QED) is 0.0222. The van der Waals surface area contributed by atoms with Crippen LogP contribution in [-0.4, -0.2) is 96.7 Å². The molecule has 98 heavy (non-hydrogen) atoms. The van der Waals surface area contributed by atoms with Gasteiger partial charge in [0.1, 0.15) is 19.3 Å². The van der Waals surface area contributed by atoms with Crippen LogP contribution in [0.1, 0.15) is 402 Å². The molecule has 17 nitrogen and oxygen atoms in total. The van der Waals surface area contributed by atoms with Crippen LogP contribution in [-0.2, 0) is 65.4 Å². The lowest BCUT2D eigenvalue weighted by atomic mass is 9.99. The van der Waals surface area contributed by atoms with Crippen molar-refractivity contribution in [3.63, 3.8) is 0 Å². The van der Waals surface area contributed by atoms with Crippen molar-refractivity contribution in [1.82, 2.24) is 0 Å². The van der Waals surface area contributed by atoms with E-state index in [1.165, 1.54) is 199 Å². The molecule has 0 saturated heterocycles. The lowest BCUT2D eigenvalue weighted by Gasteiger charge is -2.21. The van der Waals surface area contributed by atoms with E-state index in [0.717, 1.165) is 114 Å². The molecule has 0 bridgehead atoms. The third-order valence-corrected chi connectivity index (χ3v) is 20.9. The van der Waals surface area contributed by atoms with Crippen LogP contribution in [0.4, 0.5) is 0 Å². The Bertz CT molecular complexity index is 1920. The Kier molecular flexibility index (Phi) is 66.8. The van der Waals surface area contributed by atoms with Gasteiger partial charge in [-0.1, -0.05) is 351 Å². The van der Waals surface area contributed by atoms with Gasteiger partial charge in [0.15, 0.2) is 12.2 Å². The first-order valence-electron chi connectivity index (χ1n) is 40.8. The zero-order valence-electron chi connectivity index (χ0n) is 64.4. The molecule has 0 amide bonds. The number of esters is 4. The molecule has 0 heterocycles. The third kappa shape index (κ3) is 69.8. The highest BCUT2D eigenvalue weighted by atomic mass is 31.2. The van der Waals surface area contributed by atoms with Crippen molar-refractivity contribution in [2.24, 2.45) is 23.7 Å². The fourth-order valence-corrected chi connectivity index (χ4v) is 13.6. The fraction of sp³-hybridized carbons (Fsp3) is 0.949. The minimum Gasteiger partial charge on any atom is -0.462 e. The van der Waals surface area contributed by atoms with E-state index in [1.807, 2.05) is 0 Å². The van der Waals surface area contributed by atoms with Gasteiger partial charge < -0.3 is 33.8 Å². The summed E-state index contributed by atoms with van der Waals surface area (Å²) in [5.74, 6) is 0.965. The zero-order chi connectivity index (χ0) is 72.4. The Balaban J connectivity index is 5.18. The zero-order valence-corrected chi connectivity index (χ0v) is 66.2. The van der Waals surface area contributed by atoms with Crippen LogP contribution in [0.15, 0.2) is 0 Å². The Labute approximate surface area is 600 Å². The van der Waals surface area contributed by atoms with E-state index in [1.54, 1.807) is 0 Å². The van der Waals surface area contributed by atoms with Crippen molar-refractivity contribution in [3.8, 4) is 0 Å². The van der Waals surface area contributed by atoms with Gasteiger partial charge >= 0.3 is 39.5 Å². The van der Waals surface area contributed by atoms with Crippen molar-refractivity contribution in [3.05, 3.63) is 0 Å². The maximum atomic E-state index is 13.1. The minimum absolute atomic E-state index is 0.102. The molecule has 4 unspecified atom stereocenters. The first kappa shape index (κ1) is 96.1. The number of phosphoric acid groups is 2. The Morgan fingerprint density at radius 2 is 0.490 bits per heavy atom. The van der Waals surface area contributed by atoms with Gasteiger partial charge in [0.05, 0.1) is 26.4 Å².